The number of esters is 1. The third kappa shape index (κ3) is 4.73. The predicted molar refractivity (Wildman–Crippen MR) is 162 cm³/mol. The number of carbonyl (C=O) groups is 1. The summed E-state index contributed by atoms with van der Waals surface area (Å²) in [5.41, 5.74) is 3.27. The van der Waals surface area contributed by atoms with Crippen LogP contribution in [0, 0.1) is 48.7 Å². The lowest BCUT2D eigenvalue weighted by Gasteiger charge is -2.43. The highest BCUT2D eigenvalue weighted by Crippen LogP contribution is 2.97. The number of pyridine rings is 1. The molecule has 1 heterocycles. The number of benzene rings is 2. The molecule has 8 rings (SSSR count). The third-order valence-electron chi connectivity index (χ3n) is 10.5. The van der Waals surface area contributed by atoms with Gasteiger partial charge in [0.25, 0.3) is 0 Å². The standard InChI is InChI=1S/C36H39F2NO6/c1-17(2)14-44-34(41)36-31-24-11-29(39-13-26(24)32(36)33(31)36)43-15-20-8-25(28(38)12-27(20)37)30-18(3)6-22(7-19(30)4)45-23-9-21(10-23)35(5,42)16-40/h6-8,11-13,17,21,23,31-33,40,42H,9-10,14-16H2,1-5H3/t21-,23+,31?,32-,33+,35?,36+/m0/s1. The normalized spacial score (nSPS) is 28.1. The van der Waals surface area contributed by atoms with Crippen molar-refractivity contribution in [3.05, 3.63) is 76.0 Å². The van der Waals surface area contributed by atoms with Crippen LogP contribution in [-0.4, -0.2) is 46.1 Å². The molecule has 5 aliphatic rings. The van der Waals surface area contributed by atoms with Crippen LogP contribution in [0.5, 0.6) is 11.6 Å². The molecule has 0 amide bonds. The molecular weight excluding hydrogens is 580 g/mol. The second-order valence-corrected chi connectivity index (χ2v) is 14.1. The Morgan fingerprint density at radius 2 is 1.76 bits per heavy atom. The highest BCUT2D eigenvalue weighted by atomic mass is 19.1. The summed E-state index contributed by atoms with van der Waals surface area (Å²) in [4.78, 5) is 17.3. The summed E-state index contributed by atoms with van der Waals surface area (Å²) in [6.07, 6.45) is 2.95. The van der Waals surface area contributed by atoms with Gasteiger partial charge in [0.2, 0.25) is 5.88 Å². The van der Waals surface area contributed by atoms with Crippen LogP contribution < -0.4 is 9.47 Å². The number of halogens is 2. The van der Waals surface area contributed by atoms with Gasteiger partial charge < -0.3 is 24.4 Å². The molecule has 5 atom stereocenters. The first-order valence-corrected chi connectivity index (χ1v) is 15.8. The zero-order chi connectivity index (χ0) is 32.0. The zero-order valence-corrected chi connectivity index (χ0v) is 26.2. The van der Waals surface area contributed by atoms with Gasteiger partial charge in [0.05, 0.1) is 30.3 Å². The molecule has 2 aromatic carbocycles. The van der Waals surface area contributed by atoms with Crippen molar-refractivity contribution in [3.63, 3.8) is 0 Å². The van der Waals surface area contributed by atoms with Gasteiger partial charge in [-0.1, -0.05) is 13.8 Å². The van der Waals surface area contributed by atoms with Gasteiger partial charge in [-0.15, -0.1) is 0 Å². The lowest BCUT2D eigenvalue weighted by Crippen LogP contribution is -2.49. The number of aryl methyl sites for hydroxylation is 2. The molecule has 2 unspecified atom stereocenters. The fourth-order valence-electron chi connectivity index (χ4n) is 7.82. The molecule has 45 heavy (non-hydrogen) atoms. The highest BCUT2D eigenvalue weighted by molar-refractivity contribution is 5.95. The number of hydrogen-bond donors (Lipinski definition) is 2. The second kappa shape index (κ2) is 10.5. The Bertz CT molecular complexity index is 1680. The molecular formula is C36H39F2NO6. The summed E-state index contributed by atoms with van der Waals surface area (Å²) in [7, 11) is 0. The van der Waals surface area contributed by atoms with E-state index in [9.17, 15) is 19.4 Å². The van der Waals surface area contributed by atoms with Crippen LogP contribution in [0.25, 0.3) is 11.1 Å². The Morgan fingerprint density at radius 3 is 2.42 bits per heavy atom. The van der Waals surface area contributed by atoms with E-state index < -0.39 is 22.7 Å². The minimum absolute atomic E-state index is 0.0309. The molecule has 2 bridgehead atoms. The maximum Gasteiger partial charge on any atom is 0.313 e. The number of aliphatic hydroxyl groups excluding tert-OH is 1. The maximum absolute atomic E-state index is 15.2. The largest absolute Gasteiger partial charge is 0.490 e. The molecule has 3 fully saturated rings. The summed E-state index contributed by atoms with van der Waals surface area (Å²) in [6, 6.07) is 7.90. The van der Waals surface area contributed by atoms with Gasteiger partial charge in [-0.05, 0) is 97.4 Å². The van der Waals surface area contributed by atoms with Gasteiger partial charge in [-0.2, -0.15) is 0 Å². The van der Waals surface area contributed by atoms with Crippen molar-refractivity contribution in [2.75, 3.05) is 13.2 Å². The van der Waals surface area contributed by atoms with Crippen molar-refractivity contribution < 1.29 is 38.0 Å². The molecule has 3 saturated carbocycles. The predicted octanol–water partition coefficient (Wildman–Crippen LogP) is 6.13. The van der Waals surface area contributed by atoms with E-state index in [4.69, 9.17) is 14.2 Å². The topological polar surface area (TPSA) is 98.1 Å². The molecule has 2 N–H and O–H groups in total. The number of hydrogen-bond acceptors (Lipinski definition) is 7. The lowest BCUT2D eigenvalue weighted by molar-refractivity contribution is -0.149. The molecule has 7 nitrogen and oxygen atoms in total. The van der Waals surface area contributed by atoms with Crippen molar-refractivity contribution in [1.82, 2.24) is 4.98 Å². The van der Waals surface area contributed by atoms with Gasteiger partial charge >= 0.3 is 5.97 Å². The van der Waals surface area contributed by atoms with E-state index in [1.165, 1.54) is 6.07 Å². The van der Waals surface area contributed by atoms with Crippen molar-refractivity contribution in [2.45, 2.75) is 77.6 Å². The number of rotatable bonds is 11. The molecule has 238 valence electrons. The molecule has 9 heteroatoms. The van der Waals surface area contributed by atoms with E-state index in [0.29, 0.717) is 36.6 Å². The maximum atomic E-state index is 15.2. The quantitative estimate of drug-likeness (QED) is 0.249. The SMILES string of the molecule is Cc1cc(O[C@H]2C[C@@H](C(C)(O)CO)C2)cc(C)c1-c1cc(COc2cc3c(cn2)[C@H]2[C@H]4C3[C@]42C(=O)OCC(C)C)c(F)cc1F. The third-order valence-corrected chi connectivity index (χ3v) is 10.5. The molecule has 1 aromatic heterocycles. The molecule has 0 saturated heterocycles. The first kappa shape index (κ1) is 30.1. The molecule has 0 spiro atoms. The number of ether oxygens (including phenoxy) is 3. The Morgan fingerprint density at radius 1 is 1.07 bits per heavy atom. The number of aliphatic hydroxyl groups is 2. The Balaban J connectivity index is 1.04. The first-order valence-electron chi connectivity index (χ1n) is 15.8. The van der Waals surface area contributed by atoms with Crippen LogP contribution in [0.15, 0.2) is 36.5 Å². The number of carbonyl (C=O) groups excluding carboxylic acids is 1. The monoisotopic (exact) mass is 619 g/mol. The Kier molecular flexibility index (Phi) is 7.02. The van der Waals surface area contributed by atoms with Gasteiger partial charge in [-0.3, -0.25) is 4.79 Å². The molecule has 3 aromatic rings. The zero-order valence-electron chi connectivity index (χ0n) is 26.2. The summed E-state index contributed by atoms with van der Waals surface area (Å²) in [6.45, 7) is 9.36. The van der Waals surface area contributed by atoms with E-state index in [0.717, 1.165) is 28.3 Å². The van der Waals surface area contributed by atoms with E-state index in [1.54, 1.807) is 13.1 Å². The fourth-order valence-corrected chi connectivity index (χ4v) is 7.82. The van der Waals surface area contributed by atoms with Crippen LogP contribution in [0.4, 0.5) is 8.78 Å². The van der Waals surface area contributed by atoms with E-state index in [-0.39, 0.29) is 66.0 Å². The summed E-state index contributed by atoms with van der Waals surface area (Å²) >= 11 is 0. The average Bonchev–Trinajstić information content (AvgIpc) is 3.75. The van der Waals surface area contributed by atoms with Gasteiger partial charge in [-0.25, -0.2) is 13.8 Å². The van der Waals surface area contributed by atoms with Gasteiger partial charge in [0.1, 0.15) is 24.0 Å². The van der Waals surface area contributed by atoms with Crippen molar-refractivity contribution in [3.8, 4) is 22.8 Å². The lowest BCUT2D eigenvalue weighted by atomic mass is 9.72. The van der Waals surface area contributed by atoms with Crippen LogP contribution in [0.2, 0.25) is 0 Å². The minimum Gasteiger partial charge on any atom is -0.490 e. The van der Waals surface area contributed by atoms with Crippen molar-refractivity contribution in [2.24, 2.45) is 23.2 Å². The molecule has 0 radical (unpaired) electrons. The van der Waals surface area contributed by atoms with Crippen LogP contribution >= 0.6 is 0 Å². The fraction of sp³-hybridized carbons (Fsp3) is 0.500. The van der Waals surface area contributed by atoms with Crippen LogP contribution in [0.1, 0.15) is 73.3 Å². The van der Waals surface area contributed by atoms with Crippen molar-refractivity contribution in [1.29, 1.82) is 0 Å². The highest BCUT2D eigenvalue weighted by Gasteiger charge is 2.95. The summed E-state index contributed by atoms with van der Waals surface area (Å²) in [5.74, 6) is 0.332. The average molecular weight is 620 g/mol. The minimum atomic E-state index is -1.12. The summed E-state index contributed by atoms with van der Waals surface area (Å²) < 4.78 is 47.8. The Labute approximate surface area is 261 Å². The molecule has 5 aliphatic carbocycles. The van der Waals surface area contributed by atoms with Crippen LogP contribution in [-0.2, 0) is 16.1 Å². The van der Waals surface area contributed by atoms with E-state index >= 15 is 4.39 Å². The van der Waals surface area contributed by atoms with Crippen LogP contribution in [0.3, 0.4) is 0 Å². The molecule has 0 aliphatic heterocycles. The van der Waals surface area contributed by atoms with Gasteiger partial charge in [0, 0.05) is 41.3 Å². The van der Waals surface area contributed by atoms with Crippen molar-refractivity contribution >= 4 is 5.97 Å². The second-order valence-electron chi connectivity index (χ2n) is 14.1. The van der Waals surface area contributed by atoms with E-state index in [1.807, 2.05) is 45.9 Å². The number of nitrogens with zero attached hydrogens (tertiary/aromatic N) is 1. The number of aromatic nitrogens is 1. The first-order chi connectivity index (χ1) is 21.4. The summed E-state index contributed by atoms with van der Waals surface area (Å²) in [5, 5.41) is 19.7. The smallest absolute Gasteiger partial charge is 0.313 e. The Hall–Kier alpha value is -3.56. The van der Waals surface area contributed by atoms with E-state index in [2.05, 4.69) is 4.98 Å². The van der Waals surface area contributed by atoms with Gasteiger partial charge in [0.15, 0.2) is 0 Å².